The third-order valence-corrected chi connectivity index (χ3v) is 3.18. The van der Waals surface area contributed by atoms with Crippen molar-refractivity contribution in [1.82, 2.24) is 4.98 Å². The summed E-state index contributed by atoms with van der Waals surface area (Å²) in [7, 11) is 0. The zero-order valence-corrected chi connectivity index (χ0v) is 12.8. The highest BCUT2D eigenvalue weighted by Gasteiger charge is 2.30. The van der Waals surface area contributed by atoms with Gasteiger partial charge in [0, 0.05) is 23.2 Å². The lowest BCUT2D eigenvalue weighted by atomic mass is 10.2. The van der Waals surface area contributed by atoms with E-state index in [2.05, 4.69) is 20.9 Å². The molecule has 2 rings (SSSR count). The Morgan fingerprint density at radius 1 is 1.65 bits per heavy atom. The summed E-state index contributed by atoms with van der Waals surface area (Å²) >= 11 is 3.14. The van der Waals surface area contributed by atoms with Crippen LogP contribution in [0.25, 0.3) is 0 Å². The average molecular weight is 347 g/mol. The van der Waals surface area contributed by atoms with E-state index in [1.807, 2.05) is 13.8 Å². The van der Waals surface area contributed by atoms with Crippen LogP contribution in [0.1, 0.15) is 20.3 Å². The SMILES string of the molecule is CC1(C)OCCC(COc2ncc(Br)cc2[N+](=O)[O-])O1. The Hall–Kier alpha value is -1.25. The molecule has 110 valence electrons. The Morgan fingerprint density at radius 3 is 3.05 bits per heavy atom. The normalized spacial score (nSPS) is 21.4. The van der Waals surface area contributed by atoms with E-state index in [-0.39, 0.29) is 24.3 Å². The second kappa shape index (κ2) is 6.02. The first-order valence-electron chi connectivity index (χ1n) is 6.12. The van der Waals surface area contributed by atoms with Crippen molar-refractivity contribution in [3.63, 3.8) is 0 Å². The number of ether oxygens (including phenoxy) is 3. The summed E-state index contributed by atoms with van der Waals surface area (Å²) in [6, 6.07) is 1.36. The fourth-order valence-corrected chi connectivity index (χ4v) is 2.20. The van der Waals surface area contributed by atoms with Crippen molar-refractivity contribution in [3.05, 3.63) is 26.9 Å². The predicted octanol–water partition coefficient (Wildman–Crippen LogP) is 2.67. The van der Waals surface area contributed by atoms with E-state index in [9.17, 15) is 10.1 Å². The van der Waals surface area contributed by atoms with Crippen molar-refractivity contribution in [1.29, 1.82) is 0 Å². The first kappa shape index (κ1) is 15.1. The molecule has 0 aliphatic carbocycles. The highest BCUT2D eigenvalue weighted by atomic mass is 79.9. The van der Waals surface area contributed by atoms with Crippen LogP contribution in [0, 0.1) is 10.1 Å². The van der Waals surface area contributed by atoms with Crippen molar-refractivity contribution in [2.45, 2.75) is 32.2 Å². The minimum Gasteiger partial charge on any atom is -0.470 e. The van der Waals surface area contributed by atoms with Gasteiger partial charge in [-0.2, -0.15) is 0 Å². The third-order valence-electron chi connectivity index (χ3n) is 2.74. The van der Waals surface area contributed by atoms with E-state index in [1.165, 1.54) is 12.3 Å². The molecule has 7 nitrogen and oxygen atoms in total. The van der Waals surface area contributed by atoms with Gasteiger partial charge in [0.25, 0.3) is 5.88 Å². The Labute approximate surface area is 124 Å². The Bertz CT molecular complexity index is 509. The van der Waals surface area contributed by atoms with Gasteiger partial charge >= 0.3 is 5.69 Å². The van der Waals surface area contributed by atoms with Crippen LogP contribution in [0.15, 0.2) is 16.7 Å². The summed E-state index contributed by atoms with van der Waals surface area (Å²) in [4.78, 5) is 14.3. The van der Waals surface area contributed by atoms with Crippen LogP contribution >= 0.6 is 15.9 Å². The van der Waals surface area contributed by atoms with Crippen LogP contribution in [-0.2, 0) is 9.47 Å². The number of nitrogens with zero attached hydrogens (tertiary/aromatic N) is 2. The van der Waals surface area contributed by atoms with Gasteiger partial charge in [-0.05, 0) is 29.8 Å². The van der Waals surface area contributed by atoms with Gasteiger partial charge in [0.1, 0.15) is 6.61 Å². The van der Waals surface area contributed by atoms with Crippen molar-refractivity contribution >= 4 is 21.6 Å². The molecule has 0 aromatic carbocycles. The van der Waals surface area contributed by atoms with E-state index in [0.29, 0.717) is 17.5 Å². The van der Waals surface area contributed by atoms with Gasteiger partial charge in [0.15, 0.2) is 5.79 Å². The van der Waals surface area contributed by atoms with E-state index in [0.717, 1.165) is 0 Å². The van der Waals surface area contributed by atoms with Gasteiger partial charge in [-0.25, -0.2) is 4.98 Å². The molecule has 1 fully saturated rings. The average Bonchev–Trinajstić information content (AvgIpc) is 2.36. The van der Waals surface area contributed by atoms with Gasteiger partial charge < -0.3 is 14.2 Å². The molecule has 0 N–H and O–H groups in total. The molecule has 0 spiro atoms. The summed E-state index contributed by atoms with van der Waals surface area (Å²) in [6.45, 7) is 4.40. The van der Waals surface area contributed by atoms with Crippen LogP contribution in [0.2, 0.25) is 0 Å². The molecule has 20 heavy (non-hydrogen) atoms. The number of aromatic nitrogens is 1. The Kier molecular flexibility index (Phi) is 4.56. The fourth-order valence-electron chi connectivity index (χ4n) is 1.88. The number of nitro groups is 1. The molecule has 1 saturated heterocycles. The maximum atomic E-state index is 10.9. The minimum atomic E-state index is -0.661. The molecule has 1 atom stereocenters. The summed E-state index contributed by atoms with van der Waals surface area (Å²) in [5.74, 6) is -0.670. The van der Waals surface area contributed by atoms with Crippen LogP contribution < -0.4 is 4.74 Å². The highest BCUT2D eigenvalue weighted by molar-refractivity contribution is 9.10. The van der Waals surface area contributed by atoms with Crippen LogP contribution in [-0.4, -0.2) is 35.0 Å². The monoisotopic (exact) mass is 346 g/mol. The molecule has 0 amide bonds. The first-order valence-corrected chi connectivity index (χ1v) is 6.91. The maximum Gasteiger partial charge on any atom is 0.332 e. The smallest absolute Gasteiger partial charge is 0.332 e. The fraction of sp³-hybridized carbons (Fsp3) is 0.583. The minimum absolute atomic E-state index is 0.00824. The number of hydrogen-bond acceptors (Lipinski definition) is 6. The lowest BCUT2D eigenvalue weighted by Gasteiger charge is -2.35. The zero-order valence-electron chi connectivity index (χ0n) is 11.2. The molecule has 0 bridgehead atoms. The summed E-state index contributed by atoms with van der Waals surface area (Å²) < 4.78 is 17.0. The lowest BCUT2D eigenvalue weighted by Crippen LogP contribution is -2.42. The molecule has 1 unspecified atom stereocenters. The van der Waals surface area contributed by atoms with Crippen molar-refractivity contribution in [3.8, 4) is 5.88 Å². The molecule has 1 aliphatic heterocycles. The largest absolute Gasteiger partial charge is 0.470 e. The van der Waals surface area contributed by atoms with E-state index < -0.39 is 10.7 Å². The van der Waals surface area contributed by atoms with E-state index in [1.54, 1.807) is 0 Å². The van der Waals surface area contributed by atoms with E-state index >= 15 is 0 Å². The molecule has 1 aromatic rings. The summed E-state index contributed by atoms with van der Waals surface area (Å²) in [6.07, 6.45) is 1.95. The van der Waals surface area contributed by atoms with Gasteiger partial charge in [-0.3, -0.25) is 10.1 Å². The first-order chi connectivity index (χ1) is 9.37. The Balaban J connectivity index is 2.02. The van der Waals surface area contributed by atoms with Gasteiger partial charge in [0.05, 0.1) is 17.6 Å². The molecule has 0 saturated carbocycles. The number of pyridine rings is 1. The van der Waals surface area contributed by atoms with Crippen molar-refractivity contribution in [2.24, 2.45) is 0 Å². The van der Waals surface area contributed by atoms with E-state index in [4.69, 9.17) is 14.2 Å². The highest BCUT2D eigenvalue weighted by Crippen LogP contribution is 2.28. The molecule has 8 heteroatoms. The standard InChI is InChI=1S/C12H15BrN2O5/c1-12(2)19-4-3-9(20-12)7-18-11-10(15(16)17)5-8(13)6-14-11/h5-6,9H,3-4,7H2,1-2H3. The summed E-state index contributed by atoms with van der Waals surface area (Å²) in [5, 5.41) is 10.9. The molecular weight excluding hydrogens is 332 g/mol. The quantitative estimate of drug-likeness (QED) is 0.615. The Morgan fingerprint density at radius 2 is 2.40 bits per heavy atom. The van der Waals surface area contributed by atoms with Gasteiger partial charge in [-0.15, -0.1) is 0 Å². The van der Waals surface area contributed by atoms with Crippen LogP contribution in [0.5, 0.6) is 5.88 Å². The van der Waals surface area contributed by atoms with Crippen LogP contribution in [0.3, 0.4) is 0 Å². The summed E-state index contributed by atoms with van der Waals surface area (Å²) in [5.41, 5.74) is -0.175. The number of halogens is 1. The molecule has 1 aromatic heterocycles. The molecular formula is C12H15BrN2O5. The number of rotatable bonds is 4. The zero-order chi connectivity index (χ0) is 14.8. The molecule has 1 aliphatic rings. The second-order valence-electron chi connectivity index (χ2n) is 4.82. The molecule has 0 radical (unpaired) electrons. The third kappa shape index (κ3) is 3.87. The van der Waals surface area contributed by atoms with Crippen LogP contribution in [0.4, 0.5) is 5.69 Å². The van der Waals surface area contributed by atoms with Crippen molar-refractivity contribution < 1.29 is 19.1 Å². The predicted molar refractivity (Wildman–Crippen MR) is 73.6 cm³/mol. The maximum absolute atomic E-state index is 10.9. The lowest BCUT2D eigenvalue weighted by molar-refractivity contribution is -0.386. The van der Waals surface area contributed by atoms with Crippen molar-refractivity contribution in [2.75, 3.05) is 13.2 Å². The molecule has 2 heterocycles. The number of hydrogen-bond donors (Lipinski definition) is 0. The topological polar surface area (TPSA) is 83.7 Å². The second-order valence-corrected chi connectivity index (χ2v) is 5.74. The van der Waals surface area contributed by atoms with Gasteiger partial charge in [0.2, 0.25) is 0 Å². The van der Waals surface area contributed by atoms with Gasteiger partial charge in [-0.1, -0.05) is 0 Å².